The van der Waals surface area contributed by atoms with Crippen LogP contribution in [0.15, 0.2) is 18.3 Å². The van der Waals surface area contributed by atoms with Gasteiger partial charge in [-0.1, -0.05) is 6.92 Å². The minimum absolute atomic E-state index is 0.0884. The summed E-state index contributed by atoms with van der Waals surface area (Å²) in [6, 6.07) is 3.80. The molecule has 1 rings (SSSR count). The average molecular weight is 264 g/mol. The number of anilines is 1. The van der Waals surface area contributed by atoms with Crippen LogP contribution in [0.4, 0.5) is 5.82 Å². The van der Waals surface area contributed by atoms with E-state index in [-0.39, 0.29) is 11.9 Å². The molecule has 1 heterocycles. The van der Waals surface area contributed by atoms with Gasteiger partial charge in [-0.05, 0) is 38.9 Å². The summed E-state index contributed by atoms with van der Waals surface area (Å²) < 4.78 is 0. The Kier molecular flexibility index (Phi) is 6.89. The van der Waals surface area contributed by atoms with E-state index < -0.39 is 0 Å². The number of amides is 1. The first kappa shape index (κ1) is 15.4. The third kappa shape index (κ3) is 5.70. The van der Waals surface area contributed by atoms with E-state index in [9.17, 15) is 4.79 Å². The second kappa shape index (κ2) is 8.48. The van der Waals surface area contributed by atoms with E-state index in [1.165, 1.54) is 0 Å². The highest BCUT2D eigenvalue weighted by atomic mass is 16.1. The average Bonchev–Trinajstić information content (AvgIpc) is 2.38. The van der Waals surface area contributed by atoms with Crippen LogP contribution >= 0.6 is 0 Å². The molecule has 19 heavy (non-hydrogen) atoms. The van der Waals surface area contributed by atoms with E-state index in [4.69, 9.17) is 0 Å². The quantitative estimate of drug-likeness (QED) is 0.624. The highest BCUT2D eigenvalue weighted by Crippen LogP contribution is 2.12. The van der Waals surface area contributed by atoms with Crippen LogP contribution in [0.5, 0.6) is 0 Å². The maximum Gasteiger partial charge on any atom is 0.255 e. The fraction of sp³-hybridized carbons (Fsp3) is 0.571. The standard InChI is InChI=1S/C14H24N4O/c1-4-7-15-9-10-17-14(19)12-6-5-8-16-13(12)18-11(2)3/h5-6,8,11,15H,4,7,9-10H2,1-3H3,(H,16,18)(H,17,19). The van der Waals surface area contributed by atoms with Crippen molar-refractivity contribution < 1.29 is 4.79 Å². The van der Waals surface area contributed by atoms with E-state index in [1.54, 1.807) is 18.3 Å². The number of rotatable bonds is 8. The monoisotopic (exact) mass is 264 g/mol. The van der Waals surface area contributed by atoms with Crippen molar-refractivity contribution >= 4 is 11.7 Å². The lowest BCUT2D eigenvalue weighted by atomic mass is 10.2. The van der Waals surface area contributed by atoms with E-state index in [1.807, 2.05) is 13.8 Å². The molecule has 0 radical (unpaired) electrons. The molecule has 0 atom stereocenters. The molecule has 0 saturated heterocycles. The smallest absolute Gasteiger partial charge is 0.255 e. The molecule has 1 aromatic rings. The highest BCUT2D eigenvalue weighted by Gasteiger charge is 2.11. The number of carbonyl (C=O) groups is 1. The van der Waals surface area contributed by atoms with Gasteiger partial charge in [0.05, 0.1) is 5.56 Å². The molecule has 0 aliphatic rings. The molecule has 0 aliphatic carbocycles. The summed E-state index contributed by atoms with van der Waals surface area (Å²) in [7, 11) is 0. The van der Waals surface area contributed by atoms with Crippen molar-refractivity contribution in [1.29, 1.82) is 0 Å². The van der Waals surface area contributed by atoms with Crippen molar-refractivity contribution in [2.24, 2.45) is 0 Å². The number of pyridine rings is 1. The highest BCUT2D eigenvalue weighted by molar-refractivity contribution is 5.98. The number of aromatic nitrogens is 1. The van der Waals surface area contributed by atoms with Crippen molar-refractivity contribution in [3.8, 4) is 0 Å². The molecular formula is C14H24N4O. The number of nitrogens with zero attached hydrogens (tertiary/aromatic N) is 1. The third-order valence-corrected chi connectivity index (χ3v) is 2.49. The van der Waals surface area contributed by atoms with Gasteiger partial charge in [0.2, 0.25) is 0 Å². The van der Waals surface area contributed by atoms with Crippen LogP contribution in [-0.2, 0) is 0 Å². The van der Waals surface area contributed by atoms with Crippen molar-refractivity contribution in [1.82, 2.24) is 15.6 Å². The summed E-state index contributed by atoms with van der Waals surface area (Å²) in [4.78, 5) is 16.3. The number of hydrogen-bond donors (Lipinski definition) is 3. The topological polar surface area (TPSA) is 66.0 Å². The van der Waals surface area contributed by atoms with Crippen LogP contribution in [0.2, 0.25) is 0 Å². The van der Waals surface area contributed by atoms with E-state index in [0.717, 1.165) is 19.5 Å². The fourth-order valence-corrected chi connectivity index (χ4v) is 1.64. The molecule has 1 aromatic heterocycles. The van der Waals surface area contributed by atoms with E-state index in [0.29, 0.717) is 17.9 Å². The van der Waals surface area contributed by atoms with Crippen molar-refractivity contribution in [3.05, 3.63) is 23.9 Å². The predicted octanol–water partition coefficient (Wildman–Crippen LogP) is 1.63. The van der Waals surface area contributed by atoms with Gasteiger partial charge < -0.3 is 16.0 Å². The zero-order chi connectivity index (χ0) is 14.1. The van der Waals surface area contributed by atoms with Gasteiger partial charge in [0.15, 0.2) is 0 Å². The van der Waals surface area contributed by atoms with Crippen molar-refractivity contribution in [2.75, 3.05) is 25.0 Å². The molecule has 0 unspecified atom stereocenters. The first-order chi connectivity index (χ1) is 9.15. The Hall–Kier alpha value is -1.62. The molecule has 0 saturated carbocycles. The third-order valence-electron chi connectivity index (χ3n) is 2.49. The molecule has 0 spiro atoms. The van der Waals surface area contributed by atoms with E-state index in [2.05, 4.69) is 27.9 Å². The van der Waals surface area contributed by atoms with Gasteiger partial charge in [-0.3, -0.25) is 4.79 Å². The van der Waals surface area contributed by atoms with Crippen LogP contribution in [0, 0.1) is 0 Å². The summed E-state index contributed by atoms with van der Waals surface area (Å²) in [6.07, 6.45) is 2.78. The lowest BCUT2D eigenvalue weighted by Gasteiger charge is -2.13. The van der Waals surface area contributed by atoms with Gasteiger partial charge in [0.25, 0.3) is 5.91 Å². The molecular weight excluding hydrogens is 240 g/mol. The fourth-order valence-electron chi connectivity index (χ4n) is 1.64. The Bertz CT molecular complexity index is 393. The zero-order valence-corrected chi connectivity index (χ0v) is 12.0. The van der Waals surface area contributed by atoms with E-state index >= 15 is 0 Å². The minimum Gasteiger partial charge on any atom is -0.367 e. The van der Waals surface area contributed by atoms with Gasteiger partial charge in [-0.15, -0.1) is 0 Å². The lowest BCUT2D eigenvalue weighted by molar-refractivity contribution is 0.0954. The summed E-state index contributed by atoms with van der Waals surface area (Å²) in [5.74, 6) is 0.547. The lowest BCUT2D eigenvalue weighted by Crippen LogP contribution is -2.32. The predicted molar refractivity (Wildman–Crippen MR) is 78.5 cm³/mol. The Labute approximate surface area is 115 Å². The van der Waals surface area contributed by atoms with Gasteiger partial charge in [0.1, 0.15) is 5.82 Å². The Morgan fingerprint density at radius 1 is 1.32 bits per heavy atom. The molecule has 3 N–H and O–H groups in total. The maximum atomic E-state index is 12.1. The second-order valence-corrected chi connectivity index (χ2v) is 4.70. The molecule has 0 fully saturated rings. The molecule has 0 aromatic carbocycles. The molecule has 106 valence electrons. The van der Waals surface area contributed by atoms with Crippen molar-refractivity contribution in [2.45, 2.75) is 33.2 Å². The Morgan fingerprint density at radius 3 is 2.79 bits per heavy atom. The normalized spacial score (nSPS) is 10.5. The van der Waals surface area contributed by atoms with Crippen LogP contribution in [0.1, 0.15) is 37.6 Å². The molecule has 5 heteroatoms. The summed E-state index contributed by atoms with van der Waals surface area (Å²) in [6.45, 7) is 8.53. The largest absolute Gasteiger partial charge is 0.367 e. The Balaban J connectivity index is 2.51. The van der Waals surface area contributed by atoms with Crippen LogP contribution in [0.25, 0.3) is 0 Å². The minimum atomic E-state index is -0.0884. The number of carbonyl (C=O) groups excluding carboxylic acids is 1. The maximum absolute atomic E-state index is 12.1. The summed E-state index contributed by atoms with van der Waals surface area (Å²) >= 11 is 0. The second-order valence-electron chi connectivity index (χ2n) is 4.70. The van der Waals surface area contributed by atoms with Crippen LogP contribution < -0.4 is 16.0 Å². The Morgan fingerprint density at radius 2 is 2.11 bits per heavy atom. The molecule has 0 aliphatic heterocycles. The number of hydrogen-bond acceptors (Lipinski definition) is 4. The molecule has 1 amide bonds. The van der Waals surface area contributed by atoms with Gasteiger partial charge in [-0.2, -0.15) is 0 Å². The summed E-state index contributed by atoms with van der Waals surface area (Å²) in [5, 5.41) is 9.31. The van der Waals surface area contributed by atoms with Gasteiger partial charge in [0, 0.05) is 25.3 Å². The molecule has 5 nitrogen and oxygen atoms in total. The van der Waals surface area contributed by atoms with Crippen LogP contribution in [0.3, 0.4) is 0 Å². The molecule has 0 bridgehead atoms. The number of nitrogens with one attached hydrogen (secondary N) is 3. The SMILES string of the molecule is CCCNCCNC(=O)c1cccnc1NC(C)C. The van der Waals surface area contributed by atoms with Gasteiger partial charge in [-0.25, -0.2) is 4.98 Å². The summed E-state index contributed by atoms with van der Waals surface area (Å²) in [5.41, 5.74) is 0.590. The first-order valence-corrected chi connectivity index (χ1v) is 6.85. The first-order valence-electron chi connectivity index (χ1n) is 6.85. The van der Waals surface area contributed by atoms with Crippen LogP contribution in [-0.4, -0.2) is 36.6 Å². The van der Waals surface area contributed by atoms with Crippen molar-refractivity contribution in [3.63, 3.8) is 0 Å². The zero-order valence-electron chi connectivity index (χ0n) is 12.0. The van der Waals surface area contributed by atoms with Gasteiger partial charge >= 0.3 is 0 Å².